The number of benzene rings is 2. The highest BCUT2D eigenvalue weighted by molar-refractivity contribution is 6.42. The zero-order valence-corrected chi connectivity index (χ0v) is 11.6. The summed E-state index contributed by atoms with van der Waals surface area (Å²) in [6, 6.07) is 12.0. The van der Waals surface area contributed by atoms with E-state index in [0.717, 1.165) is 0 Å². The maximum Gasteiger partial charge on any atom is 0.254 e. The number of hydrogen-bond donors (Lipinski definition) is 1. The number of nitrogens with one attached hydrogen (secondary N) is 1. The predicted octanol–water partition coefficient (Wildman–Crippen LogP) is 4.15. The third kappa shape index (κ3) is 3.00. The van der Waals surface area contributed by atoms with Gasteiger partial charge in [0.05, 0.1) is 10.6 Å². The van der Waals surface area contributed by atoms with E-state index >= 15 is 0 Å². The van der Waals surface area contributed by atoms with Crippen molar-refractivity contribution in [1.29, 1.82) is 0 Å². The van der Waals surface area contributed by atoms with Crippen LogP contribution in [-0.4, -0.2) is 13.0 Å². The molecule has 0 heterocycles. The van der Waals surface area contributed by atoms with Gasteiger partial charge in [-0.2, -0.15) is 0 Å². The van der Waals surface area contributed by atoms with Gasteiger partial charge < -0.3 is 10.1 Å². The lowest BCUT2D eigenvalue weighted by Gasteiger charge is -2.11. The summed E-state index contributed by atoms with van der Waals surface area (Å²) >= 11 is 12.0. The second kappa shape index (κ2) is 5.95. The quantitative estimate of drug-likeness (QED) is 0.924. The van der Waals surface area contributed by atoms with Gasteiger partial charge in [-0.3, -0.25) is 4.79 Å². The van der Waals surface area contributed by atoms with Gasteiger partial charge >= 0.3 is 0 Å². The number of hydrogen-bond acceptors (Lipinski definition) is 2. The number of carbonyl (C=O) groups is 1. The molecule has 0 bridgehead atoms. The van der Waals surface area contributed by atoms with Crippen molar-refractivity contribution in [3.63, 3.8) is 0 Å². The van der Waals surface area contributed by atoms with E-state index in [-0.39, 0.29) is 5.91 Å². The standard InChI is InChI=1S/C14H11Cl2NO2/c1-17-14(18)9-5-2-3-7-11(9)19-12-8-4-6-10(15)13(12)16/h2-8H,1H3,(H,17,18). The Hall–Kier alpha value is -1.71. The molecule has 0 unspecified atom stereocenters. The largest absolute Gasteiger partial charge is 0.455 e. The first-order valence-corrected chi connectivity index (χ1v) is 6.32. The number of para-hydroxylation sites is 1. The third-order valence-corrected chi connectivity index (χ3v) is 3.30. The van der Waals surface area contributed by atoms with E-state index in [1.165, 1.54) is 0 Å². The molecule has 5 heteroatoms. The van der Waals surface area contributed by atoms with Crippen LogP contribution in [0.15, 0.2) is 42.5 Å². The van der Waals surface area contributed by atoms with E-state index in [2.05, 4.69) is 5.32 Å². The highest BCUT2D eigenvalue weighted by atomic mass is 35.5. The minimum Gasteiger partial charge on any atom is -0.455 e. The molecule has 0 saturated carbocycles. The van der Waals surface area contributed by atoms with E-state index < -0.39 is 0 Å². The van der Waals surface area contributed by atoms with Crippen molar-refractivity contribution in [2.45, 2.75) is 0 Å². The molecule has 98 valence electrons. The van der Waals surface area contributed by atoms with Crippen molar-refractivity contribution < 1.29 is 9.53 Å². The molecule has 0 radical (unpaired) electrons. The normalized spacial score (nSPS) is 10.1. The molecule has 19 heavy (non-hydrogen) atoms. The van der Waals surface area contributed by atoms with E-state index in [4.69, 9.17) is 27.9 Å². The average Bonchev–Trinajstić information content (AvgIpc) is 2.43. The fraction of sp³-hybridized carbons (Fsp3) is 0.0714. The van der Waals surface area contributed by atoms with Crippen LogP contribution in [0.25, 0.3) is 0 Å². The zero-order chi connectivity index (χ0) is 13.8. The van der Waals surface area contributed by atoms with Crippen LogP contribution < -0.4 is 10.1 Å². The van der Waals surface area contributed by atoms with Gasteiger partial charge in [-0.1, -0.05) is 41.4 Å². The first-order chi connectivity index (χ1) is 9.13. The van der Waals surface area contributed by atoms with Crippen LogP contribution in [0.4, 0.5) is 0 Å². The second-order valence-electron chi connectivity index (χ2n) is 3.73. The van der Waals surface area contributed by atoms with Crippen LogP contribution in [0.5, 0.6) is 11.5 Å². The lowest BCUT2D eigenvalue weighted by atomic mass is 10.2. The molecule has 3 nitrogen and oxygen atoms in total. The highest BCUT2D eigenvalue weighted by Gasteiger charge is 2.13. The SMILES string of the molecule is CNC(=O)c1ccccc1Oc1cccc(Cl)c1Cl. The van der Waals surface area contributed by atoms with E-state index in [0.29, 0.717) is 27.1 Å². The van der Waals surface area contributed by atoms with Crippen LogP contribution in [-0.2, 0) is 0 Å². The van der Waals surface area contributed by atoms with Gasteiger partial charge in [0.15, 0.2) is 0 Å². The van der Waals surface area contributed by atoms with E-state index in [9.17, 15) is 4.79 Å². The Bertz CT molecular complexity index is 614. The van der Waals surface area contributed by atoms with Crippen LogP contribution >= 0.6 is 23.2 Å². The van der Waals surface area contributed by atoms with E-state index in [1.807, 2.05) is 0 Å². The summed E-state index contributed by atoms with van der Waals surface area (Å²) in [6.07, 6.45) is 0. The monoisotopic (exact) mass is 295 g/mol. The van der Waals surface area contributed by atoms with Gasteiger partial charge in [-0.05, 0) is 24.3 Å². The van der Waals surface area contributed by atoms with Gasteiger partial charge in [0, 0.05) is 7.05 Å². The molecule has 0 aromatic heterocycles. The minimum absolute atomic E-state index is 0.228. The number of rotatable bonds is 3. The van der Waals surface area contributed by atoms with Gasteiger partial charge in [-0.25, -0.2) is 0 Å². The molecule has 2 aromatic carbocycles. The third-order valence-electron chi connectivity index (χ3n) is 2.49. The summed E-state index contributed by atoms with van der Waals surface area (Å²) < 4.78 is 5.67. The topological polar surface area (TPSA) is 38.3 Å². The Morgan fingerprint density at radius 2 is 1.74 bits per heavy atom. The zero-order valence-electron chi connectivity index (χ0n) is 10.1. The molecular weight excluding hydrogens is 285 g/mol. The highest BCUT2D eigenvalue weighted by Crippen LogP contribution is 2.35. The van der Waals surface area contributed by atoms with Crippen LogP contribution in [0.2, 0.25) is 10.0 Å². The van der Waals surface area contributed by atoms with Crippen LogP contribution in [0.3, 0.4) is 0 Å². The molecule has 0 aliphatic carbocycles. The number of ether oxygens (including phenoxy) is 1. The fourth-order valence-corrected chi connectivity index (χ4v) is 1.89. The van der Waals surface area contributed by atoms with Crippen molar-refractivity contribution in [3.05, 3.63) is 58.1 Å². The summed E-state index contributed by atoms with van der Waals surface area (Å²) in [5.41, 5.74) is 0.432. The van der Waals surface area contributed by atoms with Gasteiger partial charge in [-0.15, -0.1) is 0 Å². The molecule has 0 atom stereocenters. The number of amides is 1. The molecule has 0 fully saturated rings. The first kappa shape index (κ1) is 13.7. The summed E-state index contributed by atoms with van der Waals surface area (Å²) in [6.45, 7) is 0. The van der Waals surface area contributed by atoms with Gasteiger partial charge in [0.1, 0.15) is 16.5 Å². The molecule has 0 spiro atoms. The maximum atomic E-state index is 11.7. The molecule has 0 aliphatic rings. The van der Waals surface area contributed by atoms with Crippen molar-refractivity contribution in [2.24, 2.45) is 0 Å². The summed E-state index contributed by atoms with van der Waals surface area (Å²) in [5.74, 6) is 0.602. The van der Waals surface area contributed by atoms with Crippen LogP contribution in [0.1, 0.15) is 10.4 Å². The fourth-order valence-electron chi connectivity index (χ4n) is 1.56. The maximum absolute atomic E-state index is 11.7. The lowest BCUT2D eigenvalue weighted by Crippen LogP contribution is -2.18. The Morgan fingerprint density at radius 1 is 1.05 bits per heavy atom. The van der Waals surface area contributed by atoms with Crippen molar-refractivity contribution in [3.8, 4) is 11.5 Å². The Balaban J connectivity index is 2.39. The van der Waals surface area contributed by atoms with Gasteiger partial charge in [0.25, 0.3) is 5.91 Å². The van der Waals surface area contributed by atoms with Gasteiger partial charge in [0.2, 0.25) is 0 Å². The van der Waals surface area contributed by atoms with Crippen molar-refractivity contribution >= 4 is 29.1 Å². The summed E-state index contributed by atoms with van der Waals surface area (Å²) in [4.78, 5) is 11.7. The van der Waals surface area contributed by atoms with Crippen LogP contribution in [0, 0.1) is 0 Å². The summed E-state index contributed by atoms with van der Waals surface area (Å²) in [5, 5.41) is 3.27. The Kier molecular flexibility index (Phi) is 4.30. The molecule has 0 saturated heterocycles. The Labute approximate surface area is 121 Å². The Morgan fingerprint density at radius 3 is 2.47 bits per heavy atom. The molecule has 2 aromatic rings. The molecule has 0 aliphatic heterocycles. The first-order valence-electron chi connectivity index (χ1n) is 5.56. The number of carbonyl (C=O) groups excluding carboxylic acids is 1. The predicted molar refractivity (Wildman–Crippen MR) is 76.4 cm³/mol. The second-order valence-corrected chi connectivity index (χ2v) is 4.51. The smallest absolute Gasteiger partial charge is 0.254 e. The number of halogens is 2. The van der Waals surface area contributed by atoms with Crippen molar-refractivity contribution in [2.75, 3.05) is 7.05 Å². The average molecular weight is 296 g/mol. The summed E-state index contributed by atoms with van der Waals surface area (Å²) in [7, 11) is 1.56. The molecular formula is C14H11Cl2NO2. The molecule has 1 amide bonds. The van der Waals surface area contributed by atoms with Crippen molar-refractivity contribution in [1.82, 2.24) is 5.32 Å². The molecule has 2 rings (SSSR count). The lowest BCUT2D eigenvalue weighted by molar-refractivity contribution is 0.0961. The minimum atomic E-state index is -0.228. The molecule has 1 N–H and O–H groups in total. The van der Waals surface area contributed by atoms with E-state index in [1.54, 1.807) is 49.5 Å².